The summed E-state index contributed by atoms with van der Waals surface area (Å²) < 4.78 is 34.2. The Labute approximate surface area is 113 Å². The van der Waals surface area contributed by atoms with E-state index in [0.29, 0.717) is 0 Å². The number of esters is 2. The zero-order chi connectivity index (χ0) is 14.9. The summed E-state index contributed by atoms with van der Waals surface area (Å²) >= 11 is 0. The monoisotopic (exact) mass is 295 g/mol. The van der Waals surface area contributed by atoms with Gasteiger partial charge in [-0.25, -0.2) is 8.42 Å². The van der Waals surface area contributed by atoms with Crippen molar-refractivity contribution in [2.24, 2.45) is 0 Å². The largest absolute Gasteiger partial charge is 0.466 e. The van der Waals surface area contributed by atoms with Crippen LogP contribution in [0.3, 0.4) is 0 Å². The highest BCUT2D eigenvalue weighted by molar-refractivity contribution is 7.89. The molecule has 0 aromatic carbocycles. The third-order valence-corrected chi connectivity index (χ3v) is 4.12. The van der Waals surface area contributed by atoms with E-state index in [4.69, 9.17) is 4.74 Å². The second kappa shape index (κ2) is 8.87. The Morgan fingerprint density at radius 2 is 1.53 bits per heavy atom. The molecule has 0 aliphatic rings. The molecule has 0 N–H and O–H groups in total. The van der Waals surface area contributed by atoms with Gasteiger partial charge in [0.05, 0.1) is 25.4 Å². The van der Waals surface area contributed by atoms with Gasteiger partial charge in [-0.15, -0.1) is 0 Å². The van der Waals surface area contributed by atoms with Gasteiger partial charge in [0, 0.05) is 6.54 Å². The lowest BCUT2D eigenvalue weighted by Gasteiger charge is -2.19. The fraction of sp³-hybridized carbons (Fsp3) is 0.818. The number of sulfonamides is 1. The van der Waals surface area contributed by atoms with Crippen LogP contribution in [-0.4, -0.2) is 56.7 Å². The van der Waals surface area contributed by atoms with Gasteiger partial charge in [0.15, 0.2) is 0 Å². The van der Waals surface area contributed by atoms with E-state index in [0.717, 1.165) is 4.31 Å². The molecule has 0 aliphatic heterocycles. The molecule has 0 rings (SSSR count). The molecule has 0 heterocycles. The zero-order valence-electron chi connectivity index (χ0n) is 11.5. The van der Waals surface area contributed by atoms with Crippen LogP contribution in [0, 0.1) is 0 Å². The minimum absolute atomic E-state index is 0.143. The summed E-state index contributed by atoms with van der Waals surface area (Å²) in [7, 11) is -3.67. The number of carbonyl (C=O) groups excluding carboxylic acids is 2. The van der Waals surface area contributed by atoms with Gasteiger partial charge < -0.3 is 9.47 Å². The zero-order valence-corrected chi connectivity index (χ0v) is 12.4. The third kappa shape index (κ3) is 7.12. The lowest BCUT2D eigenvalue weighted by molar-refractivity contribution is -0.143. The van der Waals surface area contributed by atoms with Crippen molar-refractivity contribution in [1.82, 2.24) is 4.31 Å². The van der Waals surface area contributed by atoms with E-state index >= 15 is 0 Å². The summed E-state index contributed by atoms with van der Waals surface area (Å²) in [6, 6.07) is 0. The van der Waals surface area contributed by atoms with Crippen LogP contribution in [-0.2, 0) is 29.1 Å². The van der Waals surface area contributed by atoms with Crippen molar-refractivity contribution in [3.05, 3.63) is 0 Å². The lowest BCUT2D eigenvalue weighted by atomic mass is 10.5. The number of rotatable bonds is 9. The molecule has 0 atom stereocenters. The summed E-state index contributed by atoms with van der Waals surface area (Å²) in [5.74, 6) is -1.55. The molecule has 0 radical (unpaired) electrons. The van der Waals surface area contributed by atoms with E-state index < -0.39 is 22.0 Å². The van der Waals surface area contributed by atoms with Crippen molar-refractivity contribution in [2.45, 2.75) is 27.2 Å². The maximum atomic E-state index is 11.9. The molecule has 112 valence electrons. The first kappa shape index (κ1) is 17.8. The molecular formula is C11H21NO6S. The lowest BCUT2D eigenvalue weighted by Crippen LogP contribution is -2.38. The molecule has 19 heavy (non-hydrogen) atoms. The topological polar surface area (TPSA) is 90.0 Å². The van der Waals surface area contributed by atoms with Crippen LogP contribution in [0.4, 0.5) is 0 Å². The van der Waals surface area contributed by atoms with Crippen molar-refractivity contribution in [3.63, 3.8) is 0 Å². The predicted octanol–water partition coefficient (Wildman–Crippen LogP) is 0.154. The van der Waals surface area contributed by atoms with E-state index in [1.807, 2.05) is 0 Å². The smallest absolute Gasteiger partial charge is 0.321 e. The molecule has 0 bridgehead atoms. The molecular weight excluding hydrogens is 274 g/mol. The molecule has 0 aromatic heterocycles. The molecule has 7 nitrogen and oxygen atoms in total. The SMILES string of the molecule is CCOC(=O)CCS(=O)(=O)N(CC)CC(=O)OCC. The van der Waals surface area contributed by atoms with Crippen LogP contribution in [0.5, 0.6) is 0 Å². The number of ether oxygens (including phenoxy) is 2. The van der Waals surface area contributed by atoms with E-state index in [-0.39, 0.29) is 38.5 Å². The molecule has 0 amide bonds. The Morgan fingerprint density at radius 3 is 2.00 bits per heavy atom. The van der Waals surface area contributed by atoms with Crippen LogP contribution >= 0.6 is 0 Å². The van der Waals surface area contributed by atoms with E-state index in [1.165, 1.54) is 0 Å². The van der Waals surface area contributed by atoms with Gasteiger partial charge in [0.25, 0.3) is 0 Å². The average molecular weight is 295 g/mol. The third-order valence-electron chi connectivity index (χ3n) is 2.23. The Balaban J connectivity index is 4.49. The minimum atomic E-state index is -3.67. The molecule has 0 aromatic rings. The minimum Gasteiger partial charge on any atom is -0.466 e. The number of carbonyl (C=O) groups is 2. The Kier molecular flexibility index (Phi) is 8.33. The van der Waals surface area contributed by atoms with Gasteiger partial charge in [-0.2, -0.15) is 4.31 Å². The molecule has 0 unspecified atom stereocenters. The maximum Gasteiger partial charge on any atom is 0.321 e. The first-order valence-corrected chi connectivity index (χ1v) is 7.77. The van der Waals surface area contributed by atoms with E-state index in [1.54, 1.807) is 20.8 Å². The first-order valence-electron chi connectivity index (χ1n) is 6.16. The highest BCUT2D eigenvalue weighted by Crippen LogP contribution is 2.04. The molecule has 8 heteroatoms. The summed E-state index contributed by atoms with van der Waals surface area (Å²) in [5, 5.41) is 0. The quantitative estimate of drug-likeness (QED) is 0.563. The summed E-state index contributed by atoms with van der Waals surface area (Å²) in [6.07, 6.45) is -0.227. The Hall–Kier alpha value is -1.15. The van der Waals surface area contributed by atoms with Gasteiger partial charge in [-0.05, 0) is 13.8 Å². The van der Waals surface area contributed by atoms with E-state index in [2.05, 4.69) is 4.74 Å². The first-order chi connectivity index (χ1) is 8.87. The van der Waals surface area contributed by atoms with Crippen LogP contribution in [0.1, 0.15) is 27.2 Å². The molecule has 0 saturated heterocycles. The Morgan fingerprint density at radius 1 is 1.00 bits per heavy atom. The number of hydrogen-bond donors (Lipinski definition) is 0. The van der Waals surface area contributed by atoms with Crippen molar-refractivity contribution < 1.29 is 27.5 Å². The fourth-order valence-corrected chi connectivity index (χ4v) is 2.71. The second-order valence-corrected chi connectivity index (χ2v) is 5.69. The normalized spacial score (nSPS) is 11.4. The van der Waals surface area contributed by atoms with Crippen molar-refractivity contribution >= 4 is 22.0 Å². The van der Waals surface area contributed by atoms with Gasteiger partial charge in [-0.3, -0.25) is 9.59 Å². The van der Waals surface area contributed by atoms with Gasteiger partial charge in [-0.1, -0.05) is 6.92 Å². The predicted molar refractivity (Wildman–Crippen MR) is 68.9 cm³/mol. The van der Waals surface area contributed by atoms with E-state index in [9.17, 15) is 18.0 Å². The summed E-state index contributed by atoms with van der Waals surface area (Å²) in [6.45, 7) is 5.11. The highest BCUT2D eigenvalue weighted by Gasteiger charge is 2.24. The van der Waals surface area contributed by atoms with Crippen LogP contribution in [0.15, 0.2) is 0 Å². The van der Waals surface area contributed by atoms with Gasteiger partial charge in [0.1, 0.15) is 6.54 Å². The number of hydrogen-bond acceptors (Lipinski definition) is 6. The molecule has 0 spiro atoms. The fourth-order valence-electron chi connectivity index (χ4n) is 1.33. The Bertz CT molecular complexity index is 392. The standard InChI is InChI=1S/C11H21NO6S/c1-4-12(9-11(14)18-6-3)19(15,16)8-7-10(13)17-5-2/h4-9H2,1-3H3. The highest BCUT2D eigenvalue weighted by atomic mass is 32.2. The molecule has 0 saturated carbocycles. The molecule has 0 fully saturated rings. The van der Waals surface area contributed by atoms with Crippen molar-refractivity contribution in [1.29, 1.82) is 0 Å². The van der Waals surface area contributed by atoms with Crippen LogP contribution in [0.2, 0.25) is 0 Å². The van der Waals surface area contributed by atoms with Crippen LogP contribution in [0.25, 0.3) is 0 Å². The average Bonchev–Trinajstić information content (AvgIpc) is 2.34. The van der Waals surface area contributed by atoms with Gasteiger partial charge in [0.2, 0.25) is 10.0 Å². The van der Waals surface area contributed by atoms with Crippen LogP contribution < -0.4 is 0 Å². The summed E-state index contributed by atoms with van der Waals surface area (Å²) in [4.78, 5) is 22.4. The maximum absolute atomic E-state index is 11.9. The second-order valence-electron chi connectivity index (χ2n) is 3.60. The molecule has 0 aliphatic carbocycles. The number of likely N-dealkylation sites (N-methyl/N-ethyl adjacent to an activating group) is 1. The van der Waals surface area contributed by atoms with Crippen molar-refractivity contribution in [2.75, 3.05) is 32.1 Å². The number of nitrogens with zero attached hydrogens (tertiary/aromatic N) is 1. The van der Waals surface area contributed by atoms with Gasteiger partial charge >= 0.3 is 11.9 Å². The van der Waals surface area contributed by atoms with Crippen molar-refractivity contribution in [3.8, 4) is 0 Å². The summed E-state index contributed by atoms with van der Waals surface area (Å²) in [5.41, 5.74) is 0.